The van der Waals surface area contributed by atoms with Crippen LogP contribution in [0.1, 0.15) is 24.5 Å². The Morgan fingerprint density at radius 3 is 2.58 bits per heavy atom. The lowest BCUT2D eigenvalue weighted by Gasteiger charge is -2.11. The molecule has 2 aromatic carbocycles. The molecule has 2 rings (SSSR count). The molecule has 0 amide bonds. The molecule has 0 spiro atoms. The first kappa shape index (κ1) is 18.6. The number of nitrogens with one attached hydrogen (secondary N) is 1. The van der Waals surface area contributed by atoms with Crippen molar-refractivity contribution in [1.82, 2.24) is 5.32 Å². The van der Waals surface area contributed by atoms with Gasteiger partial charge in [-0.05, 0) is 54.8 Å². The first-order chi connectivity index (χ1) is 11.6. The SMILES string of the molecule is CCCOc1ccc(CCNCc2cc(O)c(OC)cc2Br)cc1. The zero-order valence-corrected chi connectivity index (χ0v) is 15.7. The molecule has 0 aromatic heterocycles. The predicted octanol–water partition coefficient (Wildman–Crippen LogP) is 4.28. The number of rotatable bonds is 9. The summed E-state index contributed by atoms with van der Waals surface area (Å²) in [6.07, 6.45) is 1.95. The summed E-state index contributed by atoms with van der Waals surface area (Å²) >= 11 is 3.50. The first-order valence-electron chi connectivity index (χ1n) is 8.12. The number of ether oxygens (including phenoxy) is 2. The molecule has 0 saturated carbocycles. The highest BCUT2D eigenvalue weighted by atomic mass is 79.9. The van der Waals surface area contributed by atoms with E-state index in [1.165, 1.54) is 12.7 Å². The molecule has 5 heteroatoms. The van der Waals surface area contributed by atoms with Crippen molar-refractivity contribution in [3.8, 4) is 17.2 Å². The Balaban J connectivity index is 1.79. The predicted molar refractivity (Wildman–Crippen MR) is 100.0 cm³/mol. The minimum atomic E-state index is 0.153. The minimum Gasteiger partial charge on any atom is -0.504 e. The van der Waals surface area contributed by atoms with Crippen LogP contribution >= 0.6 is 15.9 Å². The van der Waals surface area contributed by atoms with Crippen LogP contribution in [0.3, 0.4) is 0 Å². The maximum Gasteiger partial charge on any atom is 0.161 e. The molecule has 4 nitrogen and oxygen atoms in total. The van der Waals surface area contributed by atoms with E-state index in [4.69, 9.17) is 9.47 Å². The first-order valence-corrected chi connectivity index (χ1v) is 8.91. The monoisotopic (exact) mass is 393 g/mol. The van der Waals surface area contributed by atoms with Gasteiger partial charge in [0, 0.05) is 11.0 Å². The molecule has 0 radical (unpaired) electrons. The van der Waals surface area contributed by atoms with Gasteiger partial charge in [0.2, 0.25) is 0 Å². The van der Waals surface area contributed by atoms with Crippen LogP contribution in [-0.2, 0) is 13.0 Å². The summed E-state index contributed by atoms with van der Waals surface area (Å²) in [5.41, 5.74) is 2.26. The quantitative estimate of drug-likeness (QED) is 0.624. The van der Waals surface area contributed by atoms with Crippen molar-refractivity contribution in [1.29, 1.82) is 0 Å². The van der Waals surface area contributed by atoms with Gasteiger partial charge in [-0.15, -0.1) is 0 Å². The smallest absolute Gasteiger partial charge is 0.161 e. The molecule has 0 aliphatic rings. The lowest BCUT2D eigenvalue weighted by molar-refractivity contribution is 0.317. The van der Waals surface area contributed by atoms with E-state index >= 15 is 0 Å². The van der Waals surface area contributed by atoms with Crippen LogP contribution in [0.15, 0.2) is 40.9 Å². The van der Waals surface area contributed by atoms with Crippen LogP contribution in [0.25, 0.3) is 0 Å². The van der Waals surface area contributed by atoms with Gasteiger partial charge in [0.05, 0.1) is 13.7 Å². The topological polar surface area (TPSA) is 50.7 Å². The fourth-order valence-electron chi connectivity index (χ4n) is 2.31. The molecule has 2 aromatic rings. The van der Waals surface area contributed by atoms with Crippen LogP contribution in [0.2, 0.25) is 0 Å². The average Bonchev–Trinajstić information content (AvgIpc) is 2.60. The highest BCUT2D eigenvalue weighted by Gasteiger charge is 2.07. The zero-order chi connectivity index (χ0) is 17.4. The molecule has 130 valence electrons. The average molecular weight is 394 g/mol. The number of halogens is 1. The fraction of sp³-hybridized carbons (Fsp3) is 0.368. The molecule has 0 aliphatic heterocycles. The number of benzene rings is 2. The van der Waals surface area contributed by atoms with E-state index in [1.54, 1.807) is 12.1 Å². The molecule has 24 heavy (non-hydrogen) atoms. The molecule has 0 aliphatic carbocycles. The van der Waals surface area contributed by atoms with Crippen molar-refractivity contribution >= 4 is 15.9 Å². The molecular weight excluding hydrogens is 370 g/mol. The Kier molecular flexibility index (Phi) is 7.40. The number of hydrogen-bond donors (Lipinski definition) is 2. The summed E-state index contributed by atoms with van der Waals surface area (Å²) in [5, 5.41) is 13.2. The second kappa shape index (κ2) is 9.55. The summed E-state index contributed by atoms with van der Waals surface area (Å²) < 4.78 is 11.6. The molecular formula is C19H24BrNO3. The molecule has 0 unspecified atom stereocenters. The van der Waals surface area contributed by atoms with Gasteiger partial charge in [0.1, 0.15) is 5.75 Å². The van der Waals surface area contributed by atoms with Crippen molar-refractivity contribution in [3.63, 3.8) is 0 Å². The van der Waals surface area contributed by atoms with Crippen molar-refractivity contribution in [3.05, 3.63) is 52.0 Å². The third-order valence-electron chi connectivity index (χ3n) is 3.65. The molecule has 0 fully saturated rings. The number of hydrogen-bond acceptors (Lipinski definition) is 4. The molecule has 0 atom stereocenters. The van der Waals surface area contributed by atoms with Crippen molar-refractivity contribution < 1.29 is 14.6 Å². The number of methoxy groups -OCH3 is 1. The maximum atomic E-state index is 9.85. The fourth-order valence-corrected chi connectivity index (χ4v) is 2.78. The Hall–Kier alpha value is -1.72. The molecule has 0 bridgehead atoms. The lowest BCUT2D eigenvalue weighted by atomic mass is 10.1. The van der Waals surface area contributed by atoms with Crippen LogP contribution < -0.4 is 14.8 Å². The van der Waals surface area contributed by atoms with Crippen molar-refractivity contribution in [2.24, 2.45) is 0 Å². The van der Waals surface area contributed by atoms with E-state index in [1.807, 2.05) is 12.1 Å². The third kappa shape index (κ3) is 5.42. The van der Waals surface area contributed by atoms with Gasteiger partial charge in [0.15, 0.2) is 11.5 Å². The Morgan fingerprint density at radius 2 is 1.92 bits per heavy atom. The van der Waals surface area contributed by atoms with Crippen LogP contribution in [0, 0.1) is 0 Å². The highest BCUT2D eigenvalue weighted by molar-refractivity contribution is 9.10. The van der Waals surface area contributed by atoms with Gasteiger partial charge in [-0.1, -0.05) is 35.0 Å². The van der Waals surface area contributed by atoms with Crippen molar-refractivity contribution in [2.45, 2.75) is 26.3 Å². The largest absolute Gasteiger partial charge is 0.504 e. The van der Waals surface area contributed by atoms with E-state index in [2.05, 4.69) is 40.3 Å². The summed E-state index contributed by atoms with van der Waals surface area (Å²) in [4.78, 5) is 0. The zero-order valence-electron chi connectivity index (χ0n) is 14.1. The van der Waals surface area contributed by atoms with E-state index in [9.17, 15) is 5.11 Å². The van der Waals surface area contributed by atoms with Gasteiger partial charge in [-0.3, -0.25) is 0 Å². The van der Waals surface area contributed by atoms with Crippen LogP contribution in [0.5, 0.6) is 17.2 Å². The standard InChI is InChI=1S/C19H24BrNO3/c1-3-10-24-16-6-4-14(5-7-16)8-9-21-13-15-11-18(22)19(23-2)12-17(15)20/h4-7,11-12,21-22H,3,8-10,13H2,1-2H3. The maximum absolute atomic E-state index is 9.85. The Bertz CT molecular complexity index is 644. The van der Waals surface area contributed by atoms with Crippen molar-refractivity contribution in [2.75, 3.05) is 20.3 Å². The van der Waals surface area contributed by atoms with E-state index in [-0.39, 0.29) is 5.75 Å². The third-order valence-corrected chi connectivity index (χ3v) is 4.39. The summed E-state index contributed by atoms with van der Waals surface area (Å²) in [5.74, 6) is 1.54. The van der Waals surface area contributed by atoms with E-state index in [0.29, 0.717) is 12.3 Å². The normalized spacial score (nSPS) is 10.6. The molecule has 0 saturated heterocycles. The second-order valence-corrected chi connectivity index (χ2v) is 6.39. The number of phenols is 1. The van der Waals surface area contributed by atoms with E-state index < -0.39 is 0 Å². The summed E-state index contributed by atoms with van der Waals surface area (Å²) in [6.45, 7) is 4.38. The molecule has 0 heterocycles. The molecule has 2 N–H and O–H groups in total. The van der Waals surface area contributed by atoms with Gasteiger partial charge in [0.25, 0.3) is 0 Å². The van der Waals surface area contributed by atoms with Gasteiger partial charge in [-0.2, -0.15) is 0 Å². The van der Waals surface area contributed by atoms with Gasteiger partial charge in [-0.25, -0.2) is 0 Å². The minimum absolute atomic E-state index is 0.153. The van der Waals surface area contributed by atoms with Gasteiger partial charge < -0.3 is 19.9 Å². The van der Waals surface area contributed by atoms with Crippen LogP contribution in [-0.4, -0.2) is 25.4 Å². The van der Waals surface area contributed by atoms with Crippen LogP contribution in [0.4, 0.5) is 0 Å². The Morgan fingerprint density at radius 1 is 1.17 bits per heavy atom. The number of phenolic OH excluding ortho intramolecular Hbond substituents is 1. The van der Waals surface area contributed by atoms with Gasteiger partial charge >= 0.3 is 0 Å². The van der Waals surface area contributed by atoms with E-state index in [0.717, 1.165) is 41.8 Å². The summed E-state index contributed by atoms with van der Waals surface area (Å²) in [6, 6.07) is 11.7. The number of aromatic hydroxyl groups is 1. The second-order valence-electron chi connectivity index (χ2n) is 5.53. The highest BCUT2D eigenvalue weighted by Crippen LogP contribution is 2.32. The Labute approximate surface area is 151 Å². The summed E-state index contributed by atoms with van der Waals surface area (Å²) in [7, 11) is 1.54. The lowest BCUT2D eigenvalue weighted by Crippen LogP contribution is -2.17.